The molecule has 1 aromatic carbocycles. The molecule has 0 spiro atoms. The molecule has 0 heterocycles. The molecule has 0 amide bonds. The summed E-state index contributed by atoms with van der Waals surface area (Å²) in [5.41, 5.74) is 0.809. The first-order chi connectivity index (χ1) is 12.9. The van der Waals surface area contributed by atoms with Crippen molar-refractivity contribution in [1.82, 2.24) is 4.90 Å². The third-order valence-electron chi connectivity index (χ3n) is 5.73. The fraction of sp³-hybridized carbons (Fsp3) is 0.455. The van der Waals surface area contributed by atoms with Gasteiger partial charge in [-0.2, -0.15) is 0 Å². The molecule has 0 aromatic heterocycles. The van der Waals surface area contributed by atoms with Gasteiger partial charge in [-0.1, -0.05) is 55.7 Å². The minimum absolute atomic E-state index is 0.00150. The maximum atomic E-state index is 12.0. The molecule has 5 heteroatoms. The maximum Gasteiger partial charge on any atom is 0.333 e. The van der Waals surface area contributed by atoms with Gasteiger partial charge in [0, 0.05) is 24.7 Å². The van der Waals surface area contributed by atoms with E-state index in [4.69, 9.17) is 0 Å². The molecule has 2 aliphatic rings. The lowest BCUT2D eigenvalue weighted by Gasteiger charge is -2.40. The van der Waals surface area contributed by atoms with Crippen LogP contribution < -0.4 is 0 Å². The smallest absolute Gasteiger partial charge is 0.333 e. The molecule has 2 N–H and O–H groups in total. The van der Waals surface area contributed by atoms with Gasteiger partial charge in [-0.25, -0.2) is 4.79 Å². The highest BCUT2D eigenvalue weighted by atomic mass is 16.4. The van der Waals surface area contributed by atoms with Gasteiger partial charge in [-0.3, -0.25) is 4.79 Å². The third kappa shape index (κ3) is 4.24. The average molecular weight is 369 g/mol. The number of hydrogen-bond donors (Lipinski definition) is 2. The Labute approximate surface area is 160 Å². The summed E-state index contributed by atoms with van der Waals surface area (Å²) in [6.45, 7) is 2.21. The maximum absolute atomic E-state index is 12.0. The van der Waals surface area contributed by atoms with Crippen LogP contribution in [0.1, 0.15) is 51.0 Å². The van der Waals surface area contributed by atoms with E-state index in [2.05, 4.69) is 4.90 Å². The lowest BCUT2D eigenvalue weighted by atomic mass is 9.78. The predicted octanol–water partition coefficient (Wildman–Crippen LogP) is 4.21. The quantitative estimate of drug-likeness (QED) is 0.785. The summed E-state index contributed by atoms with van der Waals surface area (Å²) < 4.78 is 0. The van der Waals surface area contributed by atoms with Gasteiger partial charge in [0.1, 0.15) is 0 Å². The molecule has 0 bridgehead atoms. The first-order valence-electron chi connectivity index (χ1n) is 9.60. The zero-order valence-electron chi connectivity index (χ0n) is 15.7. The van der Waals surface area contributed by atoms with Gasteiger partial charge in [-0.15, -0.1) is 0 Å². The van der Waals surface area contributed by atoms with E-state index >= 15 is 0 Å². The molecule has 0 radical (unpaired) electrons. The number of carbonyl (C=O) groups is 2. The standard InChI is InChI=1S/C22H27NO4/c1-22(21(26)27)13-12-19(18(14-22)20(24)25)23(17-10-6-3-7-11-17)15-16-8-4-2-5-9-16/h2,4-5,8-9,12-13,17H,3,6-7,10-11,14-15H2,1H3,(H,24,25)(H,26,27). The second kappa shape index (κ2) is 7.99. The molecule has 0 saturated heterocycles. The highest BCUT2D eigenvalue weighted by molar-refractivity contribution is 5.91. The summed E-state index contributed by atoms with van der Waals surface area (Å²) in [5.74, 6) is -2.03. The van der Waals surface area contributed by atoms with Gasteiger partial charge in [0.05, 0.1) is 11.0 Å². The SMILES string of the molecule is CC1(C(=O)O)C=CC(N(Cc2ccccc2)C2CCCCC2)=C(C(=O)O)C1. The van der Waals surface area contributed by atoms with Crippen molar-refractivity contribution in [3.05, 3.63) is 59.3 Å². The minimum Gasteiger partial charge on any atom is -0.481 e. The molecule has 2 aliphatic carbocycles. The van der Waals surface area contributed by atoms with Gasteiger partial charge < -0.3 is 15.1 Å². The van der Waals surface area contributed by atoms with Crippen molar-refractivity contribution in [3.8, 4) is 0 Å². The zero-order valence-corrected chi connectivity index (χ0v) is 15.7. The van der Waals surface area contributed by atoms with Crippen LogP contribution >= 0.6 is 0 Å². The van der Waals surface area contributed by atoms with Crippen molar-refractivity contribution in [2.45, 2.75) is 58.0 Å². The second-order valence-electron chi connectivity index (χ2n) is 7.81. The van der Waals surface area contributed by atoms with Crippen LogP contribution in [-0.4, -0.2) is 33.1 Å². The number of rotatable bonds is 6. The molecule has 1 unspecified atom stereocenters. The lowest BCUT2D eigenvalue weighted by Crippen LogP contribution is -2.39. The Morgan fingerprint density at radius 3 is 2.37 bits per heavy atom. The van der Waals surface area contributed by atoms with Crippen LogP contribution in [-0.2, 0) is 16.1 Å². The minimum atomic E-state index is -1.18. The summed E-state index contributed by atoms with van der Waals surface area (Å²) in [7, 11) is 0. The van der Waals surface area contributed by atoms with E-state index in [1.165, 1.54) is 6.42 Å². The average Bonchev–Trinajstić information content (AvgIpc) is 2.68. The fourth-order valence-corrected chi connectivity index (χ4v) is 4.07. The zero-order chi connectivity index (χ0) is 19.4. The van der Waals surface area contributed by atoms with Crippen molar-refractivity contribution in [3.63, 3.8) is 0 Å². The first kappa shape index (κ1) is 19.2. The summed E-state index contributed by atoms with van der Waals surface area (Å²) in [6, 6.07) is 10.3. The van der Waals surface area contributed by atoms with Gasteiger partial charge in [0.2, 0.25) is 0 Å². The molecule has 27 heavy (non-hydrogen) atoms. The molecule has 1 saturated carbocycles. The van der Waals surface area contributed by atoms with Crippen LogP contribution in [0.15, 0.2) is 53.8 Å². The number of allylic oxidation sites excluding steroid dienone is 1. The molecule has 1 aromatic rings. The largest absolute Gasteiger partial charge is 0.481 e. The van der Waals surface area contributed by atoms with Gasteiger partial charge >= 0.3 is 11.9 Å². The van der Waals surface area contributed by atoms with Crippen molar-refractivity contribution in [2.75, 3.05) is 0 Å². The lowest BCUT2D eigenvalue weighted by molar-refractivity contribution is -0.145. The van der Waals surface area contributed by atoms with Crippen LogP contribution in [0.2, 0.25) is 0 Å². The van der Waals surface area contributed by atoms with Gasteiger partial charge in [-0.05, 0) is 31.4 Å². The Bertz CT molecular complexity index is 762. The summed E-state index contributed by atoms with van der Waals surface area (Å²) in [6.07, 6.45) is 8.94. The normalized spacial score (nSPS) is 23.3. The monoisotopic (exact) mass is 369 g/mol. The number of nitrogens with zero attached hydrogens (tertiary/aromatic N) is 1. The highest BCUT2D eigenvalue weighted by Crippen LogP contribution is 2.38. The Balaban J connectivity index is 1.99. The molecule has 1 atom stereocenters. The van der Waals surface area contributed by atoms with E-state index in [1.807, 2.05) is 30.3 Å². The third-order valence-corrected chi connectivity index (χ3v) is 5.73. The number of carboxylic acid groups (broad SMARTS) is 2. The summed E-state index contributed by atoms with van der Waals surface area (Å²) >= 11 is 0. The summed E-state index contributed by atoms with van der Waals surface area (Å²) in [4.78, 5) is 25.8. The van der Waals surface area contributed by atoms with E-state index in [9.17, 15) is 19.8 Å². The Hall–Kier alpha value is -2.56. The summed E-state index contributed by atoms with van der Waals surface area (Å²) in [5, 5.41) is 19.4. The number of hydrogen-bond acceptors (Lipinski definition) is 3. The van der Waals surface area contributed by atoms with Crippen molar-refractivity contribution in [1.29, 1.82) is 0 Å². The Morgan fingerprint density at radius 1 is 1.11 bits per heavy atom. The van der Waals surface area contributed by atoms with Crippen LogP contribution in [0, 0.1) is 5.41 Å². The molecule has 144 valence electrons. The molecule has 5 nitrogen and oxygen atoms in total. The Morgan fingerprint density at radius 2 is 1.78 bits per heavy atom. The molecular weight excluding hydrogens is 342 g/mol. The number of benzene rings is 1. The van der Waals surface area contributed by atoms with E-state index in [0.29, 0.717) is 12.2 Å². The van der Waals surface area contributed by atoms with Crippen molar-refractivity contribution >= 4 is 11.9 Å². The van der Waals surface area contributed by atoms with Gasteiger partial charge in [0.25, 0.3) is 0 Å². The highest BCUT2D eigenvalue weighted by Gasteiger charge is 2.38. The number of carboxylic acids is 2. The van der Waals surface area contributed by atoms with Crippen LogP contribution in [0.4, 0.5) is 0 Å². The predicted molar refractivity (Wildman–Crippen MR) is 103 cm³/mol. The van der Waals surface area contributed by atoms with E-state index in [0.717, 1.165) is 31.2 Å². The Kier molecular flexibility index (Phi) is 5.68. The van der Waals surface area contributed by atoms with Crippen molar-refractivity contribution < 1.29 is 19.8 Å². The molecular formula is C22H27NO4. The molecule has 0 aliphatic heterocycles. The van der Waals surface area contributed by atoms with Crippen molar-refractivity contribution in [2.24, 2.45) is 5.41 Å². The molecule has 1 fully saturated rings. The number of aliphatic carboxylic acids is 2. The topological polar surface area (TPSA) is 77.8 Å². The van der Waals surface area contributed by atoms with E-state index < -0.39 is 17.4 Å². The van der Waals surface area contributed by atoms with E-state index in [-0.39, 0.29) is 18.0 Å². The van der Waals surface area contributed by atoms with Crippen LogP contribution in [0.5, 0.6) is 0 Å². The van der Waals surface area contributed by atoms with Crippen LogP contribution in [0.25, 0.3) is 0 Å². The van der Waals surface area contributed by atoms with Crippen LogP contribution in [0.3, 0.4) is 0 Å². The van der Waals surface area contributed by atoms with E-state index in [1.54, 1.807) is 19.1 Å². The fourth-order valence-electron chi connectivity index (χ4n) is 4.07. The van der Waals surface area contributed by atoms with Gasteiger partial charge in [0.15, 0.2) is 0 Å². The first-order valence-corrected chi connectivity index (χ1v) is 9.60. The molecule has 3 rings (SSSR count). The second-order valence-corrected chi connectivity index (χ2v) is 7.81.